The van der Waals surface area contributed by atoms with Crippen LogP contribution >= 0.6 is 0 Å². The van der Waals surface area contributed by atoms with Gasteiger partial charge in [-0.3, -0.25) is 13.9 Å². The molecule has 1 aromatic carbocycles. The van der Waals surface area contributed by atoms with Gasteiger partial charge in [-0.05, 0) is 51.2 Å². The van der Waals surface area contributed by atoms with Gasteiger partial charge in [-0.15, -0.1) is 0 Å². The number of hydrogen-bond donors (Lipinski definition) is 1. The first-order chi connectivity index (χ1) is 17.9. The van der Waals surface area contributed by atoms with Gasteiger partial charge in [0.25, 0.3) is 11.4 Å². The summed E-state index contributed by atoms with van der Waals surface area (Å²) in [5.74, 6) is -0.288. The van der Waals surface area contributed by atoms with Crippen LogP contribution in [0.2, 0.25) is 0 Å². The summed E-state index contributed by atoms with van der Waals surface area (Å²) in [5, 5.41) is 9.31. The molecule has 37 heavy (non-hydrogen) atoms. The molecule has 1 saturated carbocycles. The smallest absolute Gasteiger partial charge is 0.332 e. The molecule has 3 aromatic heterocycles. The molecule has 0 aliphatic heterocycles. The highest BCUT2D eigenvalue weighted by Crippen LogP contribution is 2.31. The fraction of sp³-hybridized carbons (Fsp3) is 0.407. The molecule has 0 spiro atoms. The van der Waals surface area contributed by atoms with Crippen LogP contribution in [0.5, 0.6) is 5.88 Å². The van der Waals surface area contributed by atoms with Crippen LogP contribution in [0.25, 0.3) is 22.6 Å². The Balaban J connectivity index is 1.75. The molecular weight excluding hydrogens is 477 g/mol. The van der Waals surface area contributed by atoms with E-state index in [4.69, 9.17) is 9.72 Å². The molecule has 9 nitrogen and oxygen atoms in total. The number of benzene rings is 1. The van der Waals surface area contributed by atoms with Crippen molar-refractivity contribution in [1.82, 2.24) is 23.7 Å². The second-order valence-electron chi connectivity index (χ2n) is 9.32. The Kier molecular flexibility index (Phi) is 6.92. The third kappa shape index (κ3) is 4.57. The van der Waals surface area contributed by atoms with Gasteiger partial charge in [0, 0.05) is 31.8 Å². The van der Waals surface area contributed by atoms with Crippen LogP contribution in [-0.4, -0.2) is 41.5 Å². The van der Waals surface area contributed by atoms with Gasteiger partial charge in [0.2, 0.25) is 0 Å². The molecule has 5 rings (SSSR count). The largest absolute Gasteiger partial charge is 0.472 e. The fourth-order valence-electron chi connectivity index (χ4n) is 4.64. The number of rotatable bonds is 9. The standard InChI is InChI=1S/C27H30FN5O4/c1-3-31-24-22(26(35)32(27(31)36)13-8-14-34)33(16-18-9-5-4-6-10-18)23(30-24)20-15-21(28)25(29-17(20)2)37-19-11-7-12-19/h4-6,9-10,15,19,34H,3,7-8,11-14,16H2,1-2H3. The summed E-state index contributed by atoms with van der Waals surface area (Å²) in [6, 6.07) is 10.9. The lowest BCUT2D eigenvalue weighted by atomic mass is 9.96. The van der Waals surface area contributed by atoms with Crippen molar-refractivity contribution in [2.75, 3.05) is 6.61 Å². The number of aryl methyl sites for hydroxylation is 2. The van der Waals surface area contributed by atoms with Crippen molar-refractivity contribution in [1.29, 1.82) is 0 Å². The highest BCUT2D eigenvalue weighted by molar-refractivity contribution is 5.78. The van der Waals surface area contributed by atoms with E-state index in [0.717, 1.165) is 29.4 Å². The predicted octanol–water partition coefficient (Wildman–Crippen LogP) is 3.25. The van der Waals surface area contributed by atoms with Crippen LogP contribution < -0.4 is 16.0 Å². The Morgan fingerprint density at radius 1 is 1.11 bits per heavy atom. The van der Waals surface area contributed by atoms with Gasteiger partial charge >= 0.3 is 5.69 Å². The Bertz CT molecular complexity index is 1550. The van der Waals surface area contributed by atoms with Crippen LogP contribution in [-0.2, 0) is 19.6 Å². The van der Waals surface area contributed by atoms with Crippen molar-refractivity contribution < 1.29 is 14.2 Å². The summed E-state index contributed by atoms with van der Waals surface area (Å²) in [6.07, 6.45) is 3.06. The van der Waals surface area contributed by atoms with Crippen molar-refractivity contribution in [2.45, 2.75) is 65.3 Å². The van der Waals surface area contributed by atoms with Crippen molar-refractivity contribution in [3.05, 3.63) is 74.3 Å². The predicted molar refractivity (Wildman–Crippen MR) is 137 cm³/mol. The van der Waals surface area contributed by atoms with Crippen LogP contribution in [0, 0.1) is 12.7 Å². The number of nitrogens with zero attached hydrogens (tertiary/aromatic N) is 5. The van der Waals surface area contributed by atoms with Gasteiger partial charge in [0.15, 0.2) is 17.0 Å². The van der Waals surface area contributed by atoms with Crippen molar-refractivity contribution in [3.63, 3.8) is 0 Å². The minimum absolute atomic E-state index is 0.0220. The van der Waals surface area contributed by atoms with E-state index >= 15 is 4.39 Å². The molecule has 1 N–H and O–H groups in total. The zero-order valence-corrected chi connectivity index (χ0v) is 21.0. The lowest BCUT2D eigenvalue weighted by Crippen LogP contribution is -2.40. The highest BCUT2D eigenvalue weighted by atomic mass is 19.1. The molecule has 10 heteroatoms. The average Bonchev–Trinajstić information content (AvgIpc) is 3.22. The number of fused-ring (bicyclic) bond motifs is 1. The van der Waals surface area contributed by atoms with E-state index in [2.05, 4.69) is 4.98 Å². The minimum Gasteiger partial charge on any atom is -0.472 e. The van der Waals surface area contributed by atoms with E-state index in [9.17, 15) is 14.7 Å². The number of aromatic nitrogens is 5. The van der Waals surface area contributed by atoms with Crippen LogP contribution in [0.3, 0.4) is 0 Å². The number of hydrogen-bond acceptors (Lipinski definition) is 6. The lowest BCUT2D eigenvalue weighted by molar-refractivity contribution is 0.109. The maximum absolute atomic E-state index is 15.2. The molecule has 0 atom stereocenters. The van der Waals surface area contributed by atoms with Crippen LogP contribution in [0.4, 0.5) is 4.39 Å². The minimum atomic E-state index is -0.598. The fourth-order valence-corrected chi connectivity index (χ4v) is 4.64. The first kappa shape index (κ1) is 24.9. The molecule has 1 aliphatic rings. The molecule has 0 radical (unpaired) electrons. The normalized spacial score (nSPS) is 13.7. The molecule has 0 saturated heterocycles. The molecule has 1 aliphatic carbocycles. The topological polar surface area (TPSA) is 104 Å². The Labute approximate surface area is 212 Å². The summed E-state index contributed by atoms with van der Waals surface area (Å²) in [5.41, 5.74) is 1.33. The zero-order chi connectivity index (χ0) is 26.1. The van der Waals surface area contributed by atoms with Gasteiger partial charge in [-0.1, -0.05) is 30.3 Å². The first-order valence-electron chi connectivity index (χ1n) is 12.7. The molecule has 194 valence electrons. The van der Waals surface area contributed by atoms with Gasteiger partial charge in [-0.25, -0.2) is 19.2 Å². The SMILES string of the molecule is CCn1c(=O)n(CCCO)c(=O)c2c1nc(-c1cc(F)c(OC3CCC3)nc1C)n2Cc1ccccc1. The van der Waals surface area contributed by atoms with Crippen LogP contribution in [0.15, 0.2) is 46.0 Å². The summed E-state index contributed by atoms with van der Waals surface area (Å²) >= 11 is 0. The second-order valence-corrected chi connectivity index (χ2v) is 9.32. The summed E-state index contributed by atoms with van der Waals surface area (Å²) in [6.45, 7) is 4.06. The monoisotopic (exact) mass is 507 g/mol. The third-order valence-electron chi connectivity index (χ3n) is 6.86. The van der Waals surface area contributed by atoms with Gasteiger partial charge in [0.1, 0.15) is 11.9 Å². The van der Waals surface area contributed by atoms with E-state index in [0.29, 0.717) is 17.1 Å². The first-order valence-corrected chi connectivity index (χ1v) is 12.7. The van der Waals surface area contributed by atoms with Crippen molar-refractivity contribution >= 4 is 11.2 Å². The molecule has 0 amide bonds. The van der Waals surface area contributed by atoms with Crippen molar-refractivity contribution in [3.8, 4) is 17.3 Å². The number of imidazole rings is 1. The molecule has 0 bridgehead atoms. The Morgan fingerprint density at radius 2 is 1.86 bits per heavy atom. The maximum atomic E-state index is 15.2. The van der Waals surface area contributed by atoms with E-state index < -0.39 is 17.1 Å². The Hall–Kier alpha value is -3.79. The number of ether oxygens (including phenoxy) is 1. The van der Waals surface area contributed by atoms with E-state index in [1.165, 1.54) is 10.6 Å². The van der Waals surface area contributed by atoms with E-state index in [-0.39, 0.29) is 55.8 Å². The highest BCUT2D eigenvalue weighted by Gasteiger charge is 2.26. The zero-order valence-electron chi connectivity index (χ0n) is 21.0. The lowest BCUT2D eigenvalue weighted by Gasteiger charge is -2.26. The Morgan fingerprint density at radius 3 is 2.51 bits per heavy atom. The number of pyridine rings is 1. The number of halogens is 1. The van der Waals surface area contributed by atoms with Crippen LogP contribution in [0.1, 0.15) is 43.9 Å². The summed E-state index contributed by atoms with van der Waals surface area (Å²) in [7, 11) is 0. The maximum Gasteiger partial charge on any atom is 0.332 e. The number of aliphatic hydroxyl groups excluding tert-OH is 1. The van der Waals surface area contributed by atoms with E-state index in [1.54, 1.807) is 18.4 Å². The number of aliphatic hydroxyl groups is 1. The van der Waals surface area contributed by atoms with E-state index in [1.807, 2.05) is 30.3 Å². The summed E-state index contributed by atoms with van der Waals surface area (Å²) in [4.78, 5) is 35.9. The quantitative estimate of drug-likeness (QED) is 0.373. The molecular formula is C27H30FN5O4. The van der Waals surface area contributed by atoms with Gasteiger partial charge in [-0.2, -0.15) is 0 Å². The van der Waals surface area contributed by atoms with Gasteiger partial charge < -0.3 is 14.4 Å². The molecule has 4 aromatic rings. The summed E-state index contributed by atoms with van der Waals surface area (Å²) < 4.78 is 25.2. The average molecular weight is 508 g/mol. The van der Waals surface area contributed by atoms with Crippen molar-refractivity contribution in [2.24, 2.45) is 0 Å². The second kappa shape index (κ2) is 10.3. The third-order valence-corrected chi connectivity index (χ3v) is 6.86. The molecule has 3 heterocycles. The molecule has 1 fully saturated rings. The van der Waals surface area contributed by atoms with Gasteiger partial charge in [0.05, 0.1) is 5.69 Å². The molecule has 0 unspecified atom stereocenters.